The van der Waals surface area contributed by atoms with Gasteiger partial charge in [-0.3, -0.25) is 14.5 Å². The van der Waals surface area contributed by atoms with Crippen molar-refractivity contribution in [3.05, 3.63) is 29.3 Å². The predicted octanol–water partition coefficient (Wildman–Crippen LogP) is 2.12. The molecule has 0 saturated carbocycles. The van der Waals surface area contributed by atoms with E-state index in [-0.39, 0.29) is 11.8 Å². The van der Waals surface area contributed by atoms with Crippen LogP contribution in [0.5, 0.6) is 5.75 Å². The molecule has 1 aliphatic heterocycles. The molecular formula is C19H28ClN3O3. The summed E-state index contributed by atoms with van der Waals surface area (Å²) in [6.07, 6.45) is 0.338. The minimum Gasteiger partial charge on any atom is -0.493 e. The van der Waals surface area contributed by atoms with Gasteiger partial charge in [0.05, 0.1) is 19.6 Å². The Labute approximate surface area is 160 Å². The second-order valence-corrected chi connectivity index (χ2v) is 6.72. The molecule has 1 aromatic rings. The maximum absolute atomic E-state index is 12.3. The van der Waals surface area contributed by atoms with Crippen LogP contribution < -0.4 is 4.74 Å². The number of hydrogen-bond donors (Lipinski definition) is 0. The van der Waals surface area contributed by atoms with Crippen molar-refractivity contribution >= 4 is 23.4 Å². The lowest BCUT2D eigenvalue weighted by atomic mass is 10.2. The molecule has 0 radical (unpaired) electrons. The van der Waals surface area contributed by atoms with Gasteiger partial charge < -0.3 is 14.5 Å². The molecule has 7 heteroatoms. The van der Waals surface area contributed by atoms with Crippen molar-refractivity contribution < 1.29 is 14.3 Å². The molecule has 1 heterocycles. The van der Waals surface area contributed by atoms with Gasteiger partial charge in [-0.2, -0.15) is 0 Å². The summed E-state index contributed by atoms with van der Waals surface area (Å²) in [5.41, 5.74) is 0. The fraction of sp³-hybridized carbons (Fsp3) is 0.579. The van der Waals surface area contributed by atoms with Crippen LogP contribution in [0.25, 0.3) is 0 Å². The van der Waals surface area contributed by atoms with E-state index in [0.29, 0.717) is 43.4 Å². The summed E-state index contributed by atoms with van der Waals surface area (Å²) in [5.74, 6) is 0.913. The molecule has 1 fully saturated rings. The van der Waals surface area contributed by atoms with Gasteiger partial charge in [0.25, 0.3) is 0 Å². The number of nitrogens with zero attached hydrogens (tertiary/aromatic N) is 3. The summed E-state index contributed by atoms with van der Waals surface area (Å²) in [4.78, 5) is 30.3. The molecule has 0 N–H and O–H groups in total. The molecule has 0 aromatic heterocycles. The van der Waals surface area contributed by atoms with E-state index in [1.807, 2.05) is 35.8 Å². The van der Waals surface area contributed by atoms with Gasteiger partial charge in [0, 0.05) is 44.3 Å². The first-order valence-corrected chi connectivity index (χ1v) is 9.57. The molecule has 1 aliphatic rings. The first-order chi connectivity index (χ1) is 12.5. The maximum Gasteiger partial charge on any atom is 0.236 e. The van der Waals surface area contributed by atoms with Crippen molar-refractivity contribution in [2.24, 2.45) is 0 Å². The predicted molar refractivity (Wildman–Crippen MR) is 103 cm³/mol. The van der Waals surface area contributed by atoms with E-state index < -0.39 is 0 Å². The maximum atomic E-state index is 12.3. The Hall–Kier alpha value is -1.79. The van der Waals surface area contributed by atoms with Crippen LogP contribution in [0.3, 0.4) is 0 Å². The van der Waals surface area contributed by atoms with E-state index in [4.69, 9.17) is 16.3 Å². The zero-order valence-electron chi connectivity index (χ0n) is 15.6. The van der Waals surface area contributed by atoms with Crippen molar-refractivity contribution in [2.75, 3.05) is 52.4 Å². The monoisotopic (exact) mass is 381 g/mol. The summed E-state index contributed by atoms with van der Waals surface area (Å²) in [5, 5.41) is 0.615. The average molecular weight is 382 g/mol. The number of amides is 2. The summed E-state index contributed by atoms with van der Waals surface area (Å²) < 4.78 is 5.58. The third-order valence-corrected chi connectivity index (χ3v) is 4.82. The van der Waals surface area contributed by atoms with Crippen LogP contribution >= 0.6 is 11.6 Å². The number of rotatable bonds is 8. The molecule has 0 unspecified atom stereocenters. The highest BCUT2D eigenvalue weighted by Crippen LogP contribution is 2.17. The average Bonchev–Trinajstić information content (AvgIpc) is 2.63. The largest absolute Gasteiger partial charge is 0.493 e. The Morgan fingerprint density at radius 3 is 2.46 bits per heavy atom. The molecule has 26 heavy (non-hydrogen) atoms. The number of piperazine rings is 1. The van der Waals surface area contributed by atoms with Gasteiger partial charge in [-0.05, 0) is 32.0 Å². The normalized spacial score (nSPS) is 15.0. The van der Waals surface area contributed by atoms with Crippen LogP contribution in [-0.2, 0) is 9.59 Å². The van der Waals surface area contributed by atoms with Crippen LogP contribution in [0.2, 0.25) is 5.02 Å². The van der Waals surface area contributed by atoms with E-state index in [0.717, 1.165) is 26.2 Å². The summed E-state index contributed by atoms with van der Waals surface area (Å²) in [6.45, 7) is 8.99. The second kappa shape index (κ2) is 10.4. The number of carbonyl (C=O) groups excluding carboxylic acids is 2. The van der Waals surface area contributed by atoms with Crippen molar-refractivity contribution in [3.63, 3.8) is 0 Å². The topological polar surface area (TPSA) is 53.1 Å². The van der Waals surface area contributed by atoms with E-state index >= 15 is 0 Å². The molecule has 1 saturated heterocycles. The minimum absolute atomic E-state index is 0.0850. The fourth-order valence-electron chi connectivity index (χ4n) is 2.99. The Balaban J connectivity index is 1.68. The number of halogens is 1. The zero-order valence-corrected chi connectivity index (χ0v) is 16.4. The van der Waals surface area contributed by atoms with Crippen molar-refractivity contribution in [2.45, 2.75) is 20.3 Å². The van der Waals surface area contributed by atoms with Gasteiger partial charge in [-0.25, -0.2) is 0 Å². The quantitative estimate of drug-likeness (QED) is 0.692. The standard InChI is InChI=1S/C19H28ClN3O3/c1-3-22(4-2)19(25)15-21-9-11-23(12-10-21)18(24)8-13-26-17-7-5-6-16(20)14-17/h5-7,14H,3-4,8-13,15H2,1-2H3. The molecule has 6 nitrogen and oxygen atoms in total. The van der Waals surface area contributed by atoms with Crippen LogP contribution in [0, 0.1) is 0 Å². The molecule has 0 atom stereocenters. The smallest absolute Gasteiger partial charge is 0.236 e. The summed E-state index contributed by atoms with van der Waals surface area (Å²) in [7, 11) is 0. The summed E-state index contributed by atoms with van der Waals surface area (Å²) >= 11 is 5.91. The highest BCUT2D eigenvalue weighted by molar-refractivity contribution is 6.30. The van der Waals surface area contributed by atoms with Crippen LogP contribution in [-0.4, -0.2) is 78.9 Å². The Bertz CT molecular complexity index is 599. The van der Waals surface area contributed by atoms with Crippen molar-refractivity contribution in [1.29, 1.82) is 0 Å². The lowest BCUT2D eigenvalue weighted by Gasteiger charge is -2.35. The van der Waals surface area contributed by atoms with E-state index in [2.05, 4.69) is 4.90 Å². The van der Waals surface area contributed by atoms with Crippen LogP contribution in [0.15, 0.2) is 24.3 Å². The first kappa shape index (κ1) is 20.5. The molecular weight excluding hydrogens is 354 g/mol. The zero-order chi connectivity index (χ0) is 18.9. The van der Waals surface area contributed by atoms with Crippen LogP contribution in [0.4, 0.5) is 0 Å². The first-order valence-electron chi connectivity index (χ1n) is 9.19. The van der Waals surface area contributed by atoms with Gasteiger partial charge in [-0.15, -0.1) is 0 Å². The van der Waals surface area contributed by atoms with Crippen LogP contribution in [0.1, 0.15) is 20.3 Å². The van der Waals surface area contributed by atoms with Crippen molar-refractivity contribution in [1.82, 2.24) is 14.7 Å². The minimum atomic E-state index is 0.0850. The third kappa shape index (κ3) is 6.18. The Morgan fingerprint density at radius 2 is 1.85 bits per heavy atom. The number of hydrogen-bond acceptors (Lipinski definition) is 4. The molecule has 2 amide bonds. The van der Waals surface area contributed by atoms with Gasteiger partial charge in [0.15, 0.2) is 0 Å². The number of likely N-dealkylation sites (N-methyl/N-ethyl adjacent to an activating group) is 1. The number of benzene rings is 1. The van der Waals surface area contributed by atoms with Gasteiger partial charge in [-0.1, -0.05) is 17.7 Å². The lowest BCUT2D eigenvalue weighted by Crippen LogP contribution is -2.51. The van der Waals surface area contributed by atoms with Crippen molar-refractivity contribution in [3.8, 4) is 5.75 Å². The molecule has 2 rings (SSSR count). The molecule has 0 aliphatic carbocycles. The fourth-order valence-corrected chi connectivity index (χ4v) is 3.17. The molecule has 0 bridgehead atoms. The highest BCUT2D eigenvalue weighted by atomic mass is 35.5. The highest BCUT2D eigenvalue weighted by Gasteiger charge is 2.23. The summed E-state index contributed by atoms with van der Waals surface area (Å²) in [6, 6.07) is 7.15. The van der Waals surface area contributed by atoms with Gasteiger partial charge >= 0.3 is 0 Å². The third-order valence-electron chi connectivity index (χ3n) is 4.58. The molecule has 1 aromatic carbocycles. The molecule has 144 valence electrons. The Morgan fingerprint density at radius 1 is 1.15 bits per heavy atom. The number of carbonyl (C=O) groups is 2. The van der Waals surface area contributed by atoms with E-state index in [1.54, 1.807) is 12.1 Å². The molecule has 0 spiro atoms. The van der Waals surface area contributed by atoms with Gasteiger partial charge in [0.1, 0.15) is 5.75 Å². The van der Waals surface area contributed by atoms with E-state index in [9.17, 15) is 9.59 Å². The SMILES string of the molecule is CCN(CC)C(=O)CN1CCN(C(=O)CCOc2cccc(Cl)c2)CC1. The number of ether oxygens (including phenoxy) is 1. The van der Waals surface area contributed by atoms with Gasteiger partial charge in [0.2, 0.25) is 11.8 Å². The van der Waals surface area contributed by atoms with E-state index in [1.165, 1.54) is 0 Å². The Kier molecular flexibility index (Phi) is 8.19. The second-order valence-electron chi connectivity index (χ2n) is 6.28. The lowest BCUT2D eigenvalue weighted by molar-refractivity contribution is -0.135.